The minimum absolute atomic E-state index is 0.0170. The Labute approximate surface area is 239 Å². The zero-order valence-electron chi connectivity index (χ0n) is 22.3. The molecule has 0 saturated carbocycles. The van der Waals surface area contributed by atoms with E-state index in [4.69, 9.17) is 4.74 Å². The van der Waals surface area contributed by atoms with Gasteiger partial charge in [-0.15, -0.1) is 0 Å². The van der Waals surface area contributed by atoms with Crippen LogP contribution < -0.4 is 4.57 Å². The van der Waals surface area contributed by atoms with Crippen LogP contribution in [0.25, 0.3) is 28.9 Å². The molecule has 0 amide bonds. The third kappa shape index (κ3) is 4.75. The number of benzene rings is 4. The Hall–Kier alpha value is -5.54. The normalized spacial score (nSPS) is 14.2. The second-order valence-corrected chi connectivity index (χ2v) is 10.00. The molecule has 0 atom stereocenters. The molecule has 3 heterocycles. The molecule has 4 aromatic carbocycles. The molecular formula is C38H26NO2+. The number of aromatic nitrogens is 1. The number of hydrogen-bond donors (Lipinski definition) is 0. The Morgan fingerprint density at radius 1 is 0.561 bits per heavy atom. The molecule has 0 saturated heterocycles. The number of ether oxygens (including phenoxy) is 1. The second-order valence-electron chi connectivity index (χ2n) is 10.00. The molecule has 2 aliphatic heterocycles. The van der Waals surface area contributed by atoms with E-state index in [9.17, 15) is 4.79 Å². The van der Waals surface area contributed by atoms with E-state index in [0.29, 0.717) is 11.3 Å². The highest BCUT2D eigenvalue weighted by Gasteiger charge is 2.39. The number of ketones is 1. The molecular weight excluding hydrogens is 502 g/mol. The molecule has 1 aromatic heterocycles. The minimum Gasteiger partial charge on any atom is -0.456 e. The van der Waals surface area contributed by atoms with Crippen LogP contribution in [0.2, 0.25) is 0 Å². The van der Waals surface area contributed by atoms with E-state index >= 15 is 0 Å². The number of carbonyl (C=O) groups excluding carboxylic acids is 1. The van der Waals surface area contributed by atoms with Crippen molar-refractivity contribution in [2.75, 3.05) is 0 Å². The first-order valence-electron chi connectivity index (χ1n) is 13.6. The predicted octanol–water partition coefficient (Wildman–Crippen LogP) is 8.08. The lowest BCUT2D eigenvalue weighted by Crippen LogP contribution is -2.34. The zero-order valence-corrected chi connectivity index (χ0v) is 22.3. The van der Waals surface area contributed by atoms with Crippen molar-refractivity contribution in [1.29, 1.82) is 0 Å². The Balaban J connectivity index is 1.33. The highest BCUT2D eigenvalue weighted by Crippen LogP contribution is 2.35. The van der Waals surface area contributed by atoms with Crippen molar-refractivity contribution in [3.05, 3.63) is 191 Å². The van der Waals surface area contributed by atoms with Gasteiger partial charge in [0.25, 0.3) is 11.5 Å². The minimum atomic E-state index is 0.0170. The summed E-state index contributed by atoms with van der Waals surface area (Å²) in [4.78, 5) is 14.0. The van der Waals surface area contributed by atoms with E-state index in [1.54, 1.807) is 0 Å². The molecule has 194 valence electrons. The summed E-state index contributed by atoms with van der Waals surface area (Å²) >= 11 is 0. The third-order valence-corrected chi connectivity index (χ3v) is 7.29. The number of rotatable bonds is 5. The Bertz CT molecular complexity index is 1820. The van der Waals surface area contributed by atoms with Gasteiger partial charge in [0.1, 0.15) is 17.1 Å². The number of hydrogen-bond acceptors (Lipinski definition) is 2. The standard InChI is InChI=1S/C38H26NO2/c40-38-33-24-27(21-22-39(33)37(32-19-11-4-12-20-32)36(38)31-17-9-3-10-18-31)23-28-25-34(29-13-5-1-6-14-29)41-35(26-28)30-15-7-2-8-16-30/h1-26H/q+1. The number of fused-ring (bicyclic) bond motifs is 1. The van der Waals surface area contributed by atoms with Crippen molar-refractivity contribution in [3.63, 3.8) is 0 Å². The van der Waals surface area contributed by atoms with Crippen LogP contribution in [0.4, 0.5) is 0 Å². The summed E-state index contributed by atoms with van der Waals surface area (Å²) in [6.45, 7) is 0. The van der Waals surface area contributed by atoms with Crippen LogP contribution >= 0.6 is 0 Å². The fourth-order valence-corrected chi connectivity index (χ4v) is 5.37. The van der Waals surface area contributed by atoms with Gasteiger partial charge in [-0.3, -0.25) is 4.79 Å². The van der Waals surface area contributed by atoms with E-state index in [-0.39, 0.29) is 5.78 Å². The van der Waals surface area contributed by atoms with E-state index < -0.39 is 0 Å². The summed E-state index contributed by atoms with van der Waals surface area (Å²) in [5, 5.41) is 0. The molecule has 0 bridgehead atoms. The topological polar surface area (TPSA) is 30.2 Å². The zero-order chi connectivity index (χ0) is 27.6. The summed E-state index contributed by atoms with van der Waals surface area (Å²) in [6.07, 6.45) is 8.20. The first-order valence-corrected chi connectivity index (χ1v) is 13.6. The van der Waals surface area contributed by atoms with Gasteiger partial charge in [0, 0.05) is 28.8 Å². The summed E-state index contributed by atoms with van der Waals surface area (Å²) in [5.74, 6) is 1.58. The van der Waals surface area contributed by atoms with Gasteiger partial charge in [0.2, 0.25) is 5.70 Å². The molecule has 0 N–H and O–H groups in total. The quantitative estimate of drug-likeness (QED) is 0.216. The van der Waals surface area contributed by atoms with Crippen LogP contribution in [0, 0.1) is 0 Å². The summed E-state index contributed by atoms with van der Waals surface area (Å²) in [7, 11) is 0. The van der Waals surface area contributed by atoms with Crippen molar-refractivity contribution in [2.45, 2.75) is 0 Å². The van der Waals surface area contributed by atoms with E-state index in [1.807, 2.05) is 138 Å². The maximum absolute atomic E-state index is 14.0. The number of nitrogens with zero attached hydrogens (tertiary/aromatic N) is 1. The molecule has 3 heteroatoms. The van der Waals surface area contributed by atoms with Crippen molar-refractivity contribution in [2.24, 2.45) is 0 Å². The summed E-state index contributed by atoms with van der Waals surface area (Å²) in [6, 6.07) is 44.3. The molecule has 5 aromatic rings. The number of pyridine rings is 1. The molecule has 0 radical (unpaired) electrons. The van der Waals surface area contributed by atoms with Crippen molar-refractivity contribution < 1.29 is 14.1 Å². The van der Waals surface area contributed by atoms with Crippen LogP contribution in [0.5, 0.6) is 0 Å². The number of Topliss-reactive ketones (excluding diaryl/α,β-unsaturated/α-hetero) is 1. The van der Waals surface area contributed by atoms with Crippen LogP contribution in [0.3, 0.4) is 0 Å². The van der Waals surface area contributed by atoms with Crippen LogP contribution in [0.1, 0.15) is 38.3 Å². The summed E-state index contributed by atoms with van der Waals surface area (Å²) in [5.41, 5.74) is 8.11. The van der Waals surface area contributed by atoms with Crippen molar-refractivity contribution >= 4 is 34.6 Å². The van der Waals surface area contributed by atoms with Gasteiger partial charge in [-0.05, 0) is 47.1 Å². The highest BCUT2D eigenvalue weighted by atomic mass is 16.5. The number of carbonyl (C=O) groups is 1. The van der Waals surface area contributed by atoms with E-state index in [1.165, 1.54) is 0 Å². The average Bonchev–Trinajstić information content (AvgIpc) is 3.34. The maximum Gasteiger partial charge on any atom is 0.264 e. The third-order valence-electron chi connectivity index (χ3n) is 7.29. The fraction of sp³-hybridized carbons (Fsp3) is 0. The highest BCUT2D eigenvalue weighted by molar-refractivity contribution is 6.34. The van der Waals surface area contributed by atoms with Gasteiger partial charge >= 0.3 is 0 Å². The van der Waals surface area contributed by atoms with Crippen molar-refractivity contribution in [1.82, 2.24) is 0 Å². The lowest BCUT2D eigenvalue weighted by Gasteiger charge is -2.19. The molecule has 7 rings (SSSR count). The first kappa shape index (κ1) is 24.5. The number of allylic oxidation sites excluding steroid dienone is 4. The lowest BCUT2D eigenvalue weighted by molar-refractivity contribution is -0.577. The van der Waals surface area contributed by atoms with Gasteiger partial charge in [-0.2, -0.15) is 4.57 Å². The largest absolute Gasteiger partial charge is 0.456 e. The van der Waals surface area contributed by atoms with Gasteiger partial charge < -0.3 is 4.74 Å². The fourth-order valence-electron chi connectivity index (χ4n) is 5.37. The Morgan fingerprint density at radius 3 is 1.59 bits per heavy atom. The van der Waals surface area contributed by atoms with Gasteiger partial charge in [-0.25, -0.2) is 0 Å². The van der Waals surface area contributed by atoms with Crippen LogP contribution in [-0.2, 0) is 4.74 Å². The monoisotopic (exact) mass is 528 g/mol. The SMILES string of the molecule is O=C1C(c2ccccc2)=C(c2ccccc2)[n+]2ccc(C=C3C=C(c4ccccc4)OC(c4ccccc4)=C3)cc21. The van der Waals surface area contributed by atoms with Gasteiger partial charge in [0.05, 0.1) is 0 Å². The molecule has 41 heavy (non-hydrogen) atoms. The van der Waals surface area contributed by atoms with Crippen molar-refractivity contribution in [3.8, 4) is 0 Å². The van der Waals surface area contributed by atoms with E-state index in [0.717, 1.165) is 50.6 Å². The smallest absolute Gasteiger partial charge is 0.264 e. The summed E-state index contributed by atoms with van der Waals surface area (Å²) < 4.78 is 8.38. The van der Waals surface area contributed by atoms with Crippen LogP contribution in [0.15, 0.2) is 157 Å². The maximum atomic E-state index is 14.0. The van der Waals surface area contributed by atoms with Crippen LogP contribution in [-0.4, -0.2) is 5.78 Å². The molecule has 0 unspecified atom stereocenters. The van der Waals surface area contributed by atoms with Gasteiger partial charge in [-0.1, -0.05) is 109 Å². The van der Waals surface area contributed by atoms with Gasteiger partial charge in [0.15, 0.2) is 6.20 Å². The van der Waals surface area contributed by atoms with E-state index in [2.05, 4.69) is 24.3 Å². The molecule has 2 aliphatic rings. The Morgan fingerprint density at radius 2 is 1.05 bits per heavy atom. The molecule has 0 aliphatic carbocycles. The lowest BCUT2D eigenvalue weighted by atomic mass is 9.97. The predicted molar refractivity (Wildman–Crippen MR) is 164 cm³/mol. The molecule has 3 nitrogen and oxygen atoms in total. The first-order chi connectivity index (χ1) is 20.2. The Kier molecular flexibility index (Phi) is 6.31. The molecule has 0 fully saturated rings. The average molecular weight is 529 g/mol. The molecule has 0 spiro atoms. The second kappa shape index (κ2) is 10.6.